The van der Waals surface area contributed by atoms with E-state index in [2.05, 4.69) is 0 Å². The van der Waals surface area contributed by atoms with Crippen molar-refractivity contribution in [1.82, 2.24) is 4.90 Å². The monoisotopic (exact) mass is 299 g/mol. The number of amides is 1. The fourth-order valence-corrected chi connectivity index (χ4v) is 1.61. The van der Waals surface area contributed by atoms with Gasteiger partial charge in [-0.05, 0) is 38.5 Å². The summed E-state index contributed by atoms with van der Waals surface area (Å²) in [5, 5.41) is 9.46. The van der Waals surface area contributed by atoms with Crippen LogP contribution in [-0.4, -0.2) is 34.2 Å². The van der Waals surface area contributed by atoms with Crippen molar-refractivity contribution in [2.45, 2.75) is 32.9 Å². The van der Waals surface area contributed by atoms with Gasteiger partial charge in [0.05, 0.1) is 0 Å². The molecule has 0 aliphatic rings. The highest BCUT2D eigenvalue weighted by molar-refractivity contribution is 6.30. The molecule has 0 aliphatic heterocycles. The van der Waals surface area contributed by atoms with E-state index in [1.54, 1.807) is 45.0 Å². The molecular formula is C14H18ClNO4. The van der Waals surface area contributed by atoms with Crippen LogP contribution >= 0.6 is 11.6 Å². The molecule has 0 heterocycles. The highest BCUT2D eigenvalue weighted by atomic mass is 35.5. The smallest absolute Gasteiger partial charge is 0.411 e. The fourth-order valence-electron chi connectivity index (χ4n) is 1.48. The standard InChI is InChI=1S/C14H18ClNO4/c1-14(2,3)20-13(19)16(9-12(17)18)8-10-4-6-11(15)7-5-10/h4-7H,8-9H2,1-3H3,(H,17,18). The quantitative estimate of drug-likeness (QED) is 0.927. The highest BCUT2D eigenvalue weighted by Gasteiger charge is 2.23. The Bertz CT molecular complexity index is 479. The third kappa shape index (κ3) is 5.93. The molecule has 0 unspecified atom stereocenters. The lowest BCUT2D eigenvalue weighted by Crippen LogP contribution is -2.39. The van der Waals surface area contributed by atoms with E-state index in [1.807, 2.05) is 0 Å². The molecule has 1 aromatic rings. The summed E-state index contributed by atoms with van der Waals surface area (Å²) in [7, 11) is 0. The van der Waals surface area contributed by atoms with Crippen LogP contribution in [0.2, 0.25) is 5.02 Å². The van der Waals surface area contributed by atoms with Gasteiger partial charge in [-0.3, -0.25) is 9.69 Å². The van der Waals surface area contributed by atoms with Gasteiger partial charge in [0.2, 0.25) is 0 Å². The Morgan fingerprint density at radius 1 is 1.25 bits per heavy atom. The van der Waals surface area contributed by atoms with Gasteiger partial charge in [0, 0.05) is 11.6 Å². The van der Waals surface area contributed by atoms with Gasteiger partial charge < -0.3 is 9.84 Å². The summed E-state index contributed by atoms with van der Waals surface area (Å²) < 4.78 is 5.19. The van der Waals surface area contributed by atoms with Crippen molar-refractivity contribution in [3.05, 3.63) is 34.9 Å². The van der Waals surface area contributed by atoms with Gasteiger partial charge in [0.25, 0.3) is 0 Å². The Labute approximate surface area is 123 Å². The normalized spacial score (nSPS) is 11.0. The third-order valence-corrected chi connectivity index (χ3v) is 2.52. The Morgan fingerprint density at radius 3 is 2.25 bits per heavy atom. The minimum atomic E-state index is -1.09. The lowest BCUT2D eigenvalue weighted by Gasteiger charge is -2.26. The molecule has 110 valence electrons. The molecular weight excluding hydrogens is 282 g/mol. The van der Waals surface area contributed by atoms with Crippen molar-refractivity contribution in [3.8, 4) is 0 Å². The fraction of sp³-hybridized carbons (Fsp3) is 0.429. The maximum Gasteiger partial charge on any atom is 0.411 e. The number of rotatable bonds is 4. The first kappa shape index (κ1) is 16.3. The maximum absolute atomic E-state index is 12.0. The molecule has 0 saturated heterocycles. The van der Waals surface area contributed by atoms with E-state index in [0.29, 0.717) is 5.02 Å². The number of hydrogen-bond donors (Lipinski definition) is 1. The summed E-state index contributed by atoms with van der Waals surface area (Å²) in [5.41, 5.74) is 0.106. The molecule has 0 fully saturated rings. The minimum Gasteiger partial charge on any atom is -0.480 e. The number of hydrogen-bond acceptors (Lipinski definition) is 3. The summed E-state index contributed by atoms with van der Waals surface area (Å²) in [6.45, 7) is 4.92. The van der Waals surface area contributed by atoms with E-state index in [9.17, 15) is 9.59 Å². The van der Waals surface area contributed by atoms with Crippen LogP contribution in [0.25, 0.3) is 0 Å². The van der Waals surface area contributed by atoms with Gasteiger partial charge in [-0.2, -0.15) is 0 Å². The summed E-state index contributed by atoms with van der Waals surface area (Å²) in [4.78, 5) is 24.0. The Balaban J connectivity index is 2.81. The van der Waals surface area contributed by atoms with Crippen LogP contribution in [0.4, 0.5) is 4.79 Å². The number of benzene rings is 1. The van der Waals surface area contributed by atoms with Gasteiger partial charge in [-0.25, -0.2) is 4.79 Å². The maximum atomic E-state index is 12.0. The molecule has 0 saturated carbocycles. The van der Waals surface area contributed by atoms with Crippen LogP contribution in [0.3, 0.4) is 0 Å². The molecule has 0 spiro atoms. The first-order valence-corrected chi connectivity index (χ1v) is 6.49. The number of ether oxygens (including phenoxy) is 1. The summed E-state index contributed by atoms with van der Waals surface area (Å²) in [5.74, 6) is -1.09. The average Bonchev–Trinajstić information content (AvgIpc) is 2.28. The van der Waals surface area contributed by atoms with Crippen molar-refractivity contribution in [1.29, 1.82) is 0 Å². The SMILES string of the molecule is CC(C)(C)OC(=O)N(CC(=O)O)Cc1ccc(Cl)cc1. The number of aliphatic carboxylic acids is 1. The summed E-state index contributed by atoms with van der Waals surface area (Å²) in [6.07, 6.45) is -0.658. The number of halogens is 1. The van der Waals surface area contributed by atoms with Crippen LogP contribution in [0, 0.1) is 0 Å². The van der Waals surface area contributed by atoms with Crippen LogP contribution in [0.15, 0.2) is 24.3 Å². The zero-order valence-corrected chi connectivity index (χ0v) is 12.5. The average molecular weight is 300 g/mol. The molecule has 0 aliphatic carbocycles. The molecule has 1 rings (SSSR count). The zero-order valence-electron chi connectivity index (χ0n) is 11.7. The van der Waals surface area contributed by atoms with Gasteiger partial charge in [-0.15, -0.1) is 0 Å². The van der Waals surface area contributed by atoms with Gasteiger partial charge >= 0.3 is 12.1 Å². The molecule has 1 aromatic carbocycles. The molecule has 0 aromatic heterocycles. The van der Waals surface area contributed by atoms with Crippen LogP contribution in [0.1, 0.15) is 26.3 Å². The van der Waals surface area contributed by atoms with Gasteiger partial charge in [0.15, 0.2) is 0 Å². The molecule has 5 nitrogen and oxygen atoms in total. The Morgan fingerprint density at radius 2 is 1.80 bits per heavy atom. The van der Waals surface area contributed by atoms with Gasteiger partial charge in [0.1, 0.15) is 12.1 Å². The number of carbonyl (C=O) groups excluding carboxylic acids is 1. The molecule has 6 heteroatoms. The second-order valence-corrected chi connectivity index (χ2v) is 5.79. The zero-order chi connectivity index (χ0) is 15.3. The van der Waals surface area contributed by atoms with E-state index < -0.39 is 24.2 Å². The largest absolute Gasteiger partial charge is 0.480 e. The van der Waals surface area contributed by atoms with E-state index >= 15 is 0 Å². The lowest BCUT2D eigenvalue weighted by atomic mass is 10.2. The van der Waals surface area contributed by atoms with E-state index in [-0.39, 0.29) is 6.54 Å². The van der Waals surface area contributed by atoms with Crippen LogP contribution < -0.4 is 0 Å². The molecule has 0 radical (unpaired) electrons. The third-order valence-electron chi connectivity index (χ3n) is 2.26. The van der Waals surface area contributed by atoms with Crippen molar-refractivity contribution in [2.24, 2.45) is 0 Å². The van der Waals surface area contributed by atoms with E-state index in [0.717, 1.165) is 10.5 Å². The molecule has 0 bridgehead atoms. The minimum absolute atomic E-state index is 0.151. The van der Waals surface area contributed by atoms with E-state index in [1.165, 1.54) is 0 Å². The van der Waals surface area contributed by atoms with Crippen molar-refractivity contribution < 1.29 is 19.4 Å². The van der Waals surface area contributed by atoms with E-state index in [4.69, 9.17) is 21.4 Å². The molecule has 20 heavy (non-hydrogen) atoms. The molecule has 1 N–H and O–H groups in total. The summed E-state index contributed by atoms with van der Waals surface area (Å²) in [6, 6.07) is 6.85. The number of carboxylic acids is 1. The number of carbonyl (C=O) groups is 2. The molecule has 1 amide bonds. The number of carboxylic acid groups (broad SMARTS) is 1. The number of nitrogens with zero attached hydrogens (tertiary/aromatic N) is 1. The predicted octanol–water partition coefficient (Wildman–Crippen LogP) is 3.16. The van der Waals surface area contributed by atoms with Crippen LogP contribution in [-0.2, 0) is 16.1 Å². The lowest BCUT2D eigenvalue weighted by molar-refractivity contribution is -0.138. The second-order valence-electron chi connectivity index (χ2n) is 5.36. The van der Waals surface area contributed by atoms with Gasteiger partial charge in [-0.1, -0.05) is 23.7 Å². The van der Waals surface area contributed by atoms with Crippen LogP contribution in [0.5, 0.6) is 0 Å². The Hall–Kier alpha value is -1.75. The molecule has 0 atom stereocenters. The summed E-state index contributed by atoms with van der Waals surface area (Å²) >= 11 is 5.78. The predicted molar refractivity (Wildman–Crippen MR) is 75.7 cm³/mol. The Kier molecular flexibility index (Phi) is 5.39. The highest BCUT2D eigenvalue weighted by Crippen LogP contribution is 2.14. The first-order chi connectivity index (χ1) is 9.17. The topological polar surface area (TPSA) is 66.8 Å². The first-order valence-electron chi connectivity index (χ1n) is 6.11. The van der Waals surface area contributed by atoms with Crippen molar-refractivity contribution >= 4 is 23.7 Å². The van der Waals surface area contributed by atoms with Crippen molar-refractivity contribution in [2.75, 3.05) is 6.54 Å². The van der Waals surface area contributed by atoms with Crippen molar-refractivity contribution in [3.63, 3.8) is 0 Å². The second kappa shape index (κ2) is 6.61.